The summed E-state index contributed by atoms with van der Waals surface area (Å²) in [7, 11) is 0. The molecular formula is C19H22N2. The van der Waals surface area contributed by atoms with E-state index in [2.05, 4.69) is 67.4 Å². The Morgan fingerprint density at radius 3 is 2.48 bits per heavy atom. The first kappa shape index (κ1) is 13.9. The fourth-order valence-electron chi connectivity index (χ4n) is 3.23. The number of nitrogens with two attached hydrogens (primary N) is 1. The number of nitrogens with one attached hydrogen (secondary N) is 1. The van der Waals surface area contributed by atoms with Gasteiger partial charge in [0.1, 0.15) is 0 Å². The molecule has 3 aromatic rings. The van der Waals surface area contributed by atoms with Crippen LogP contribution in [0.5, 0.6) is 0 Å². The Morgan fingerprint density at radius 2 is 1.71 bits per heavy atom. The summed E-state index contributed by atoms with van der Waals surface area (Å²) in [5.74, 6) is 0.349. The maximum atomic E-state index is 6.11. The molecule has 0 saturated carbocycles. The van der Waals surface area contributed by atoms with E-state index in [9.17, 15) is 0 Å². The molecule has 0 fully saturated rings. The number of hydrogen-bond donors (Lipinski definition) is 2. The van der Waals surface area contributed by atoms with Gasteiger partial charge in [-0.1, -0.05) is 42.5 Å². The first-order valence-electron chi connectivity index (χ1n) is 7.52. The third-order valence-electron chi connectivity index (χ3n) is 4.36. The molecule has 2 heteroatoms. The molecule has 1 aromatic heterocycles. The van der Waals surface area contributed by atoms with Crippen molar-refractivity contribution >= 4 is 10.9 Å². The van der Waals surface area contributed by atoms with E-state index in [1.165, 1.54) is 33.3 Å². The zero-order valence-electron chi connectivity index (χ0n) is 12.7. The van der Waals surface area contributed by atoms with Crippen molar-refractivity contribution in [2.45, 2.75) is 26.2 Å². The topological polar surface area (TPSA) is 41.8 Å². The largest absolute Gasteiger partial charge is 0.358 e. The van der Waals surface area contributed by atoms with E-state index in [-0.39, 0.29) is 0 Å². The first-order valence-corrected chi connectivity index (χ1v) is 7.52. The molecule has 0 bridgehead atoms. The van der Waals surface area contributed by atoms with Crippen molar-refractivity contribution in [3.63, 3.8) is 0 Å². The van der Waals surface area contributed by atoms with Gasteiger partial charge >= 0.3 is 0 Å². The minimum Gasteiger partial charge on any atom is -0.358 e. The molecule has 0 aliphatic heterocycles. The molecule has 3 rings (SSSR count). The molecule has 108 valence electrons. The SMILES string of the molecule is Cc1ccccc1CC(CN)c1c(C)[nH]c2ccccc12. The minimum atomic E-state index is 0.349. The third kappa shape index (κ3) is 2.59. The lowest BCUT2D eigenvalue weighted by Crippen LogP contribution is -2.16. The van der Waals surface area contributed by atoms with Gasteiger partial charge in [-0.05, 0) is 49.6 Å². The van der Waals surface area contributed by atoms with Gasteiger partial charge in [0.15, 0.2) is 0 Å². The fourth-order valence-corrected chi connectivity index (χ4v) is 3.23. The van der Waals surface area contributed by atoms with E-state index in [0.29, 0.717) is 12.5 Å². The number of fused-ring (bicyclic) bond motifs is 1. The summed E-state index contributed by atoms with van der Waals surface area (Å²) in [5, 5.41) is 1.30. The molecule has 2 aromatic carbocycles. The van der Waals surface area contributed by atoms with Crippen LogP contribution in [0.2, 0.25) is 0 Å². The molecule has 0 spiro atoms. The number of aromatic amines is 1. The van der Waals surface area contributed by atoms with Crippen LogP contribution >= 0.6 is 0 Å². The second kappa shape index (κ2) is 5.74. The van der Waals surface area contributed by atoms with E-state index < -0.39 is 0 Å². The molecule has 0 aliphatic rings. The highest BCUT2D eigenvalue weighted by Crippen LogP contribution is 2.31. The molecule has 0 amide bonds. The first-order chi connectivity index (χ1) is 10.2. The molecule has 2 nitrogen and oxygen atoms in total. The van der Waals surface area contributed by atoms with E-state index in [1.807, 2.05) is 0 Å². The maximum absolute atomic E-state index is 6.11. The van der Waals surface area contributed by atoms with E-state index in [0.717, 1.165) is 6.42 Å². The molecule has 1 heterocycles. The minimum absolute atomic E-state index is 0.349. The average molecular weight is 278 g/mol. The number of aromatic nitrogens is 1. The highest BCUT2D eigenvalue weighted by molar-refractivity contribution is 5.85. The number of aryl methyl sites for hydroxylation is 2. The second-order valence-electron chi connectivity index (χ2n) is 5.77. The van der Waals surface area contributed by atoms with E-state index in [4.69, 9.17) is 5.73 Å². The molecule has 1 atom stereocenters. The Morgan fingerprint density at radius 1 is 1.00 bits per heavy atom. The van der Waals surface area contributed by atoms with Gasteiger partial charge < -0.3 is 10.7 Å². The Kier molecular flexibility index (Phi) is 3.80. The molecule has 0 radical (unpaired) electrons. The Balaban J connectivity index is 2.03. The summed E-state index contributed by atoms with van der Waals surface area (Å²) >= 11 is 0. The summed E-state index contributed by atoms with van der Waals surface area (Å²) in [6.07, 6.45) is 0.992. The van der Waals surface area contributed by atoms with Gasteiger partial charge in [0.05, 0.1) is 0 Å². The third-order valence-corrected chi connectivity index (χ3v) is 4.36. The van der Waals surface area contributed by atoms with Crippen LogP contribution in [0.25, 0.3) is 10.9 Å². The van der Waals surface area contributed by atoms with Crippen molar-refractivity contribution in [2.75, 3.05) is 6.54 Å². The zero-order chi connectivity index (χ0) is 14.8. The van der Waals surface area contributed by atoms with Crippen LogP contribution in [0.4, 0.5) is 0 Å². The van der Waals surface area contributed by atoms with Crippen LogP contribution in [0.3, 0.4) is 0 Å². The number of H-pyrrole nitrogens is 1. The van der Waals surface area contributed by atoms with Crippen LogP contribution < -0.4 is 5.73 Å². The smallest absolute Gasteiger partial charge is 0.0458 e. The van der Waals surface area contributed by atoms with E-state index >= 15 is 0 Å². The Bertz CT molecular complexity index is 755. The van der Waals surface area contributed by atoms with Crippen molar-refractivity contribution in [1.82, 2.24) is 4.98 Å². The number of hydrogen-bond acceptors (Lipinski definition) is 1. The van der Waals surface area contributed by atoms with Crippen LogP contribution in [0.1, 0.15) is 28.3 Å². The van der Waals surface area contributed by atoms with Crippen molar-refractivity contribution in [3.8, 4) is 0 Å². The standard InChI is InChI=1S/C19H22N2/c1-13-7-3-4-8-15(13)11-16(12-20)19-14(2)21-18-10-6-5-9-17(18)19/h3-10,16,21H,11-12,20H2,1-2H3. The van der Waals surface area contributed by atoms with Crippen molar-refractivity contribution in [2.24, 2.45) is 5.73 Å². The number of benzene rings is 2. The lowest BCUT2D eigenvalue weighted by molar-refractivity contribution is 0.692. The van der Waals surface area contributed by atoms with Gasteiger partial charge in [-0.25, -0.2) is 0 Å². The summed E-state index contributed by atoms with van der Waals surface area (Å²) in [6.45, 7) is 4.98. The van der Waals surface area contributed by atoms with Crippen LogP contribution in [-0.4, -0.2) is 11.5 Å². The summed E-state index contributed by atoms with van der Waals surface area (Å²) < 4.78 is 0. The Hall–Kier alpha value is -2.06. The van der Waals surface area contributed by atoms with Crippen LogP contribution in [-0.2, 0) is 6.42 Å². The molecule has 1 unspecified atom stereocenters. The second-order valence-corrected chi connectivity index (χ2v) is 5.77. The lowest BCUT2D eigenvalue weighted by atomic mass is 9.88. The summed E-state index contributed by atoms with van der Waals surface area (Å²) in [6, 6.07) is 17.1. The average Bonchev–Trinajstić information content (AvgIpc) is 2.82. The van der Waals surface area contributed by atoms with Gasteiger partial charge in [0.25, 0.3) is 0 Å². The highest BCUT2D eigenvalue weighted by atomic mass is 14.7. The maximum Gasteiger partial charge on any atom is 0.0458 e. The predicted molar refractivity (Wildman–Crippen MR) is 89.7 cm³/mol. The fraction of sp³-hybridized carbons (Fsp3) is 0.263. The molecule has 0 aliphatic carbocycles. The van der Waals surface area contributed by atoms with Gasteiger partial charge in [-0.15, -0.1) is 0 Å². The van der Waals surface area contributed by atoms with Crippen molar-refractivity contribution < 1.29 is 0 Å². The van der Waals surface area contributed by atoms with Gasteiger partial charge in [0.2, 0.25) is 0 Å². The van der Waals surface area contributed by atoms with Crippen LogP contribution in [0, 0.1) is 13.8 Å². The zero-order valence-corrected chi connectivity index (χ0v) is 12.7. The van der Waals surface area contributed by atoms with Crippen molar-refractivity contribution in [1.29, 1.82) is 0 Å². The number of rotatable bonds is 4. The summed E-state index contributed by atoms with van der Waals surface area (Å²) in [4.78, 5) is 3.49. The predicted octanol–water partition coefficient (Wildman–Crippen LogP) is 4.07. The number of para-hydroxylation sites is 1. The Labute approximate surface area is 126 Å². The van der Waals surface area contributed by atoms with Crippen LogP contribution in [0.15, 0.2) is 48.5 Å². The normalized spacial score (nSPS) is 12.7. The van der Waals surface area contributed by atoms with E-state index in [1.54, 1.807) is 0 Å². The van der Waals surface area contributed by atoms with Gasteiger partial charge in [0, 0.05) is 22.5 Å². The molecule has 21 heavy (non-hydrogen) atoms. The van der Waals surface area contributed by atoms with Gasteiger partial charge in [-0.2, -0.15) is 0 Å². The quantitative estimate of drug-likeness (QED) is 0.742. The lowest BCUT2D eigenvalue weighted by Gasteiger charge is -2.17. The van der Waals surface area contributed by atoms with Gasteiger partial charge in [-0.3, -0.25) is 0 Å². The van der Waals surface area contributed by atoms with Crippen molar-refractivity contribution in [3.05, 3.63) is 70.9 Å². The monoisotopic (exact) mass is 278 g/mol. The molecule has 3 N–H and O–H groups in total. The summed E-state index contributed by atoms with van der Waals surface area (Å²) in [5.41, 5.74) is 12.6. The molecule has 0 saturated heterocycles. The highest BCUT2D eigenvalue weighted by Gasteiger charge is 2.18. The molecular weight excluding hydrogens is 256 g/mol.